The van der Waals surface area contributed by atoms with Crippen LogP contribution in [-0.2, 0) is 6.61 Å². The number of hydrogen-bond acceptors (Lipinski definition) is 3. The van der Waals surface area contributed by atoms with Crippen molar-refractivity contribution in [2.75, 3.05) is 0 Å². The quantitative estimate of drug-likeness (QED) is 0.744. The van der Waals surface area contributed by atoms with E-state index in [9.17, 15) is 9.90 Å². The Bertz CT molecular complexity index is 728. The zero-order valence-corrected chi connectivity index (χ0v) is 15.0. The van der Waals surface area contributed by atoms with Crippen LogP contribution in [0.25, 0.3) is 0 Å². The van der Waals surface area contributed by atoms with Crippen molar-refractivity contribution >= 4 is 5.97 Å². The average molecular weight is 354 g/mol. The highest BCUT2D eigenvalue weighted by Crippen LogP contribution is 2.31. The van der Waals surface area contributed by atoms with E-state index < -0.39 is 5.97 Å². The summed E-state index contributed by atoms with van der Waals surface area (Å²) < 4.78 is 5.68. The molecule has 0 heterocycles. The maximum Gasteiger partial charge on any atom is 0.339 e. The van der Waals surface area contributed by atoms with Crippen LogP contribution in [0.1, 0.15) is 72.3 Å². The maximum atomic E-state index is 10.9. The molecule has 0 saturated heterocycles. The largest absolute Gasteiger partial charge is 0.507 e. The van der Waals surface area contributed by atoms with Crippen molar-refractivity contribution < 1.29 is 19.7 Å². The second-order valence-electron chi connectivity index (χ2n) is 7.06. The fourth-order valence-electron chi connectivity index (χ4n) is 3.62. The Morgan fingerprint density at radius 2 is 1.62 bits per heavy atom. The van der Waals surface area contributed by atoms with E-state index in [0.717, 1.165) is 5.56 Å². The van der Waals surface area contributed by atoms with Crippen molar-refractivity contribution in [1.82, 2.24) is 0 Å². The molecule has 0 unspecified atom stereocenters. The third-order valence-electron chi connectivity index (χ3n) is 5.16. The molecule has 1 saturated carbocycles. The molecule has 4 nitrogen and oxygen atoms in total. The van der Waals surface area contributed by atoms with Crippen molar-refractivity contribution in [2.24, 2.45) is 0 Å². The summed E-state index contributed by atoms with van der Waals surface area (Å²) in [6.07, 6.45) is 9.31. The van der Waals surface area contributed by atoms with Crippen molar-refractivity contribution in [3.63, 3.8) is 0 Å². The molecule has 4 heteroatoms. The standard InChI is InChI=1S/C22H26O4/c23-21-14-19(12-13-20(21)22(24)25)26-15-16-8-10-18(11-9-16)17-6-4-2-1-3-5-7-17/h8-14,17,23H,1-7,15H2,(H,24,25). The molecule has 2 N–H and O–H groups in total. The summed E-state index contributed by atoms with van der Waals surface area (Å²) in [5, 5.41) is 18.7. The molecule has 1 fully saturated rings. The van der Waals surface area contributed by atoms with E-state index in [-0.39, 0.29) is 11.3 Å². The molecule has 26 heavy (non-hydrogen) atoms. The molecule has 0 radical (unpaired) electrons. The Hall–Kier alpha value is -2.49. The Balaban J connectivity index is 1.59. The summed E-state index contributed by atoms with van der Waals surface area (Å²) >= 11 is 0. The number of aromatic hydroxyl groups is 1. The van der Waals surface area contributed by atoms with Gasteiger partial charge in [-0.2, -0.15) is 0 Å². The first kappa shape index (κ1) is 18.3. The van der Waals surface area contributed by atoms with Crippen LogP contribution in [0.4, 0.5) is 0 Å². The van der Waals surface area contributed by atoms with Crippen molar-refractivity contribution in [3.05, 3.63) is 59.2 Å². The van der Waals surface area contributed by atoms with Gasteiger partial charge in [0.2, 0.25) is 0 Å². The van der Waals surface area contributed by atoms with E-state index in [2.05, 4.69) is 24.3 Å². The van der Waals surface area contributed by atoms with Crippen LogP contribution in [-0.4, -0.2) is 16.2 Å². The summed E-state index contributed by atoms with van der Waals surface area (Å²) in [6, 6.07) is 12.9. The summed E-state index contributed by atoms with van der Waals surface area (Å²) in [6.45, 7) is 0.386. The molecule has 1 aliphatic rings. The lowest BCUT2D eigenvalue weighted by Gasteiger charge is -2.20. The first-order valence-corrected chi connectivity index (χ1v) is 9.41. The molecule has 2 aromatic carbocycles. The minimum absolute atomic E-state index is 0.124. The van der Waals surface area contributed by atoms with Crippen LogP contribution in [0.2, 0.25) is 0 Å². The molecule has 0 bridgehead atoms. The highest BCUT2D eigenvalue weighted by Gasteiger charge is 2.14. The summed E-state index contributed by atoms with van der Waals surface area (Å²) in [5.41, 5.74) is 2.35. The fourth-order valence-corrected chi connectivity index (χ4v) is 3.62. The van der Waals surface area contributed by atoms with Gasteiger partial charge in [-0.3, -0.25) is 0 Å². The third kappa shape index (κ3) is 4.78. The predicted octanol–water partition coefficient (Wildman–Crippen LogP) is 5.50. The van der Waals surface area contributed by atoms with Gasteiger partial charge in [0.15, 0.2) is 0 Å². The molecule has 0 spiro atoms. The molecule has 1 aliphatic carbocycles. The highest BCUT2D eigenvalue weighted by atomic mass is 16.5. The molecule has 3 rings (SSSR count). The number of carboxylic acids is 1. The number of rotatable bonds is 5. The molecular weight excluding hydrogens is 328 g/mol. The summed E-state index contributed by atoms with van der Waals surface area (Å²) in [4.78, 5) is 10.9. The van der Waals surface area contributed by atoms with Gasteiger partial charge in [0.1, 0.15) is 23.7 Å². The molecule has 0 aliphatic heterocycles. The first-order chi connectivity index (χ1) is 12.6. The molecule has 0 aromatic heterocycles. The van der Waals surface area contributed by atoms with Gasteiger partial charge in [-0.25, -0.2) is 4.79 Å². The summed E-state index contributed by atoms with van der Waals surface area (Å²) in [5.74, 6) is -0.309. The van der Waals surface area contributed by atoms with Gasteiger partial charge in [-0.1, -0.05) is 56.4 Å². The van der Waals surface area contributed by atoms with Crippen LogP contribution in [0.3, 0.4) is 0 Å². The lowest BCUT2D eigenvalue weighted by atomic mass is 9.86. The molecular formula is C22H26O4. The van der Waals surface area contributed by atoms with Crippen LogP contribution >= 0.6 is 0 Å². The van der Waals surface area contributed by atoms with Crippen molar-refractivity contribution in [2.45, 2.75) is 57.5 Å². The second kappa shape index (κ2) is 8.75. The Morgan fingerprint density at radius 3 is 2.23 bits per heavy atom. The van der Waals surface area contributed by atoms with Gasteiger partial charge in [0.25, 0.3) is 0 Å². The van der Waals surface area contributed by atoms with E-state index in [1.807, 2.05) is 0 Å². The Morgan fingerprint density at radius 1 is 0.962 bits per heavy atom. The van der Waals surface area contributed by atoms with Gasteiger partial charge >= 0.3 is 5.97 Å². The number of carbonyl (C=O) groups is 1. The van der Waals surface area contributed by atoms with E-state index in [4.69, 9.17) is 9.84 Å². The lowest BCUT2D eigenvalue weighted by Crippen LogP contribution is -2.03. The number of ether oxygens (including phenoxy) is 1. The van der Waals surface area contributed by atoms with Crippen LogP contribution in [0, 0.1) is 0 Å². The van der Waals surface area contributed by atoms with Gasteiger partial charge in [0, 0.05) is 6.07 Å². The second-order valence-corrected chi connectivity index (χ2v) is 7.06. The topological polar surface area (TPSA) is 66.8 Å². The molecule has 0 atom stereocenters. The normalized spacial score (nSPS) is 15.8. The minimum Gasteiger partial charge on any atom is -0.507 e. The summed E-state index contributed by atoms with van der Waals surface area (Å²) in [7, 11) is 0. The van der Waals surface area contributed by atoms with Crippen molar-refractivity contribution in [3.8, 4) is 11.5 Å². The van der Waals surface area contributed by atoms with Gasteiger partial charge in [0.05, 0.1) is 0 Å². The van der Waals surface area contributed by atoms with Crippen LogP contribution in [0.5, 0.6) is 11.5 Å². The van der Waals surface area contributed by atoms with Gasteiger partial charge < -0.3 is 14.9 Å². The van der Waals surface area contributed by atoms with E-state index in [0.29, 0.717) is 18.3 Å². The van der Waals surface area contributed by atoms with Gasteiger partial charge in [-0.05, 0) is 42.0 Å². The van der Waals surface area contributed by atoms with Crippen LogP contribution < -0.4 is 4.74 Å². The monoisotopic (exact) mass is 354 g/mol. The third-order valence-corrected chi connectivity index (χ3v) is 5.16. The minimum atomic E-state index is -1.15. The number of benzene rings is 2. The van der Waals surface area contributed by atoms with Crippen molar-refractivity contribution in [1.29, 1.82) is 0 Å². The number of aromatic carboxylic acids is 1. The zero-order chi connectivity index (χ0) is 18.4. The Kier molecular flexibility index (Phi) is 6.16. The van der Waals surface area contributed by atoms with Crippen LogP contribution in [0.15, 0.2) is 42.5 Å². The molecule has 2 aromatic rings. The molecule has 0 amide bonds. The fraction of sp³-hybridized carbons (Fsp3) is 0.409. The van der Waals surface area contributed by atoms with E-state index in [1.54, 1.807) is 6.07 Å². The number of phenols is 1. The number of hydrogen-bond donors (Lipinski definition) is 2. The average Bonchev–Trinajstić information content (AvgIpc) is 2.60. The SMILES string of the molecule is O=C(O)c1ccc(OCc2ccc(C3CCCCCCC3)cc2)cc1O. The first-order valence-electron chi connectivity index (χ1n) is 9.41. The smallest absolute Gasteiger partial charge is 0.339 e. The van der Waals surface area contributed by atoms with E-state index >= 15 is 0 Å². The number of carboxylic acid groups (broad SMARTS) is 1. The van der Waals surface area contributed by atoms with E-state index in [1.165, 1.54) is 62.6 Å². The van der Waals surface area contributed by atoms with Gasteiger partial charge in [-0.15, -0.1) is 0 Å². The zero-order valence-electron chi connectivity index (χ0n) is 15.0. The Labute approximate surface area is 154 Å². The highest BCUT2D eigenvalue weighted by molar-refractivity contribution is 5.90. The predicted molar refractivity (Wildman–Crippen MR) is 101 cm³/mol. The maximum absolute atomic E-state index is 10.9. The molecule has 138 valence electrons. The lowest BCUT2D eigenvalue weighted by molar-refractivity contribution is 0.0693.